The summed E-state index contributed by atoms with van der Waals surface area (Å²) in [5, 5.41) is 5.81. The predicted molar refractivity (Wildman–Crippen MR) is 124 cm³/mol. The lowest BCUT2D eigenvalue weighted by atomic mass is 10.0. The summed E-state index contributed by atoms with van der Waals surface area (Å²) in [4.78, 5) is 31.9. The van der Waals surface area contributed by atoms with Crippen molar-refractivity contribution in [2.45, 2.75) is 26.8 Å². The monoisotopic (exact) mass is 416 g/mol. The Morgan fingerprint density at radius 2 is 1.58 bits per heavy atom. The van der Waals surface area contributed by atoms with Gasteiger partial charge in [-0.3, -0.25) is 14.5 Å². The molecule has 0 spiro atoms. The molecule has 0 fully saturated rings. The highest BCUT2D eigenvalue weighted by atomic mass is 16.2. The zero-order valence-corrected chi connectivity index (χ0v) is 18.3. The van der Waals surface area contributed by atoms with Crippen molar-refractivity contribution in [2.75, 3.05) is 24.2 Å². The molecule has 0 saturated heterocycles. The molecule has 0 radical (unpaired) electrons. The fourth-order valence-electron chi connectivity index (χ4n) is 3.61. The van der Waals surface area contributed by atoms with E-state index in [2.05, 4.69) is 21.7 Å². The number of rotatable bonds is 7. The summed E-state index contributed by atoms with van der Waals surface area (Å²) in [7, 11) is 1.77. The van der Waals surface area contributed by atoms with Gasteiger partial charge in [-0.05, 0) is 68.8 Å². The van der Waals surface area contributed by atoms with Crippen molar-refractivity contribution in [1.29, 1.82) is 0 Å². The maximum absolute atomic E-state index is 13.3. The van der Waals surface area contributed by atoms with Crippen LogP contribution in [-0.2, 0) is 9.59 Å². The van der Waals surface area contributed by atoms with Crippen molar-refractivity contribution < 1.29 is 9.59 Å². The Morgan fingerprint density at radius 1 is 0.903 bits per heavy atom. The molecule has 0 aliphatic carbocycles. The third kappa shape index (κ3) is 6.23. The second-order valence-corrected chi connectivity index (χ2v) is 7.81. The normalized spacial score (nSPS) is 11.8. The van der Waals surface area contributed by atoms with Gasteiger partial charge in [0.15, 0.2) is 0 Å². The number of amides is 2. The molecule has 3 rings (SSSR count). The third-order valence-corrected chi connectivity index (χ3v) is 4.84. The summed E-state index contributed by atoms with van der Waals surface area (Å²) in [6.07, 6.45) is 0. The molecule has 1 aromatic heterocycles. The summed E-state index contributed by atoms with van der Waals surface area (Å²) >= 11 is 0. The summed E-state index contributed by atoms with van der Waals surface area (Å²) in [5.41, 5.74) is 4.52. The van der Waals surface area contributed by atoms with Crippen LogP contribution in [-0.4, -0.2) is 35.3 Å². The van der Waals surface area contributed by atoms with E-state index in [9.17, 15) is 9.59 Å². The number of hydrogen-bond donors (Lipinski definition) is 2. The number of likely N-dealkylation sites (N-methyl/N-ethyl adjacent to an activating group) is 1. The lowest BCUT2D eigenvalue weighted by Crippen LogP contribution is -2.39. The van der Waals surface area contributed by atoms with Crippen molar-refractivity contribution in [1.82, 2.24) is 9.88 Å². The largest absolute Gasteiger partial charge is 0.324 e. The number of anilines is 2. The van der Waals surface area contributed by atoms with Crippen LogP contribution in [0.3, 0.4) is 0 Å². The first kappa shape index (κ1) is 22.2. The van der Waals surface area contributed by atoms with Gasteiger partial charge in [-0.25, -0.2) is 4.98 Å². The predicted octanol–water partition coefficient (Wildman–Crippen LogP) is 4.26. The number of nitrogens with zero attached hydrogens (tertiary/aromatic N) is 2. The lowest BCUT2D eigenvalue weighted by Gasteiger charge is -2.27. The summed E-state index contributed by atoms with van der Waals surface area (Å²) in [5.74, 6) is 0.0651. The van der Waals surface area contributed by atoms with Gasteiger partial charge in [0.05, 0.1) is 6.54 Å². The number of pyridine rings is 1. The minimum absolute atomic E-state index is 0.0372. The van der Waals surface area contributed by atoms with Crippen LogP contribution in [0.4, 0.5) is 11.5 Å². The first-order chi connectivity index (χ1) is 14.8. The third-order valence-electron chi connectivity index (χ3n) is 4.84. The van der Waals surface area contributed by atoms with Crippen molar-refractivity contribution in [3.63, 3.8) is 0 Å². The molecule has 1 atom stereocenters. The van der Waals surface area contributed by atoms with Gasteiger partial charge in [-0.2, -0.15) is 0 Å². The van der Waals surface area contributed by atoms with Crippen LogP contribution in [0.25, 0.3) is 0 Å². The molecule has 1 unspecified atom stereocenters. The molecule has 3 aromatic rings. The molecule has 0 saturated carbocycles. The van der Waals surface area contributed by atoms with Crippen LogP contribution < -0.4 is 10.6 Å². The molecule has 6 heteroatoms. The molecular formula is C25H28N4O2. The number of aromatic nitrogens is 1. The number of aryl methyl sites for hydroxylation is 3. The van der Waals surface area contributed by atoms with Gasteiger partial charge in [-0.1, -0.05) is 42.5 Å². The van der Waals surface area contributed by atoms with E-state index in [0.717, 1.165) is 28.1 Å². The molecule has 6 nitrogen and oxygen atoms in total. The van der Waals surface area contributed by atoms with E-state index in [0.29, 0.717) is 5.82 Å². The number of hydrogen-bond acceptors (Lipinski definition) is 4. The van der Waals surface area contributed by atoms with Crippen LogP contribution in [0.1, 0.15) is 28.4 Å². The van der Waals surface area contributed by atoms with Gasteiger partial charge in [0.25, 0.3) is 0 Å². The molecule has 2 N–H and O–H groups in total. The van der Waals surface area contributed by atoms with Gasteiger partial charge in [0, 0.05) is 11.4 Å². The maximum Gasteiger partial charge on any atom is 0.246 e. The molecule has 2 aromatic carbocycles. The molecule has 1 heterocycles. The Bertz CT molecular complexity index is 1050. The van der Waals surface area contributed by atoms with Gasteiger partial charge >= 0.3 is 0 Å². The SMILES string of the molecule is Cc1cc(C)cc(NC(=O)C(c2ccccc2)N(C)CC(=O)Nc2cccc(C)n2)c1. The highest BCUT2D eigenvalue weighted by molar-refractivity contribution is 5.97. The molecule has 0 aliphatic heterocycles. The minimum Gasteiger partial charge on any atom is -0.324 e. The van der Waals surface area contributed by atoms with E-state index in [1.54, 1.807) is 18.0 Å². The maximum atomic E-state index is 13.3. The molecule has 160 valence electrons. The van der Waals surface area contributed by atoms with Gasteiger partial charge in [0.1, 0.15) is 11.9 Å². The standard InChI is InChI=1S/C25H28N4O2/c1-17-13-18(2)15-21(14-17)27-25(31)24(20-10-6-5-7-11-20)29(4)16-23(30)28-22-12-8-9-19(3)26-22/h5-15,24H,16H2,1-4H3,(H,27,31)(H,26,28,30). The number of benzene rings is 2. The quantitative estimate of drug-likeness (QED) is 0.604. The summed E-state index contributed by atoms with van der Waals surface area (Å²) < 4.78 is 0. The second-order valence-electron chi connectivity index (χ2n) is 7.81. The number of carbonyl (C=O) groups excluding carboxylic acids is 2. The molecular weight excluding hydrogens is 388 g/mol. The second kappa shape index (κ2) is 10.00. The van der Waals surface area contributed by atoms with Crippen molar-refractivity contribution in [3.8, 4) is 0 Å². The van der Waals surface area contributed by atoms with E-state index >= 15 is 0 Å². The minimum atomic E-state index is -0.627. The van der Waals surface area contributed by atoms with E-state index in [4.69, 9.17) is 0 Å². The number of carbonyl (C=O) groups is 2. The van der Waals surface area contributed by atoms with Crippen LogP contribution >= 0.6 is 0 Å². The van der Waals surface area contributed by atoms with E-state index in [1.807, 2.05) is 75.4 Å². The van der Waals surface area contributed by atoms with E-state index < -0.39 is 6.04 Å². The first-order valence-corrected chi connectivity index (χ1v) is 10.2. The Labute approximate surface area is 183 Å². The van der Waals surface area contributed by atoms with Crippen LogP contribution in [0.2, 0.25) is 0 Å². The molecule has 31 heavy (non-hydrogen) atoms. The van der Waals surface area contributed by atoms with Crippen molar-refractivity contribution >= 4 is 23.3 Å². The smallest absolute Gasteiger partial charge is 0.246 e. The molecule has 0 aliphatic rings. The topological polar surface area (TPSA) is 74.3 Å². The van der Waals surface area contributed by atoms with Gasteiger partial charge in [0.2, 0.25) is 11.8 Å². The lowest BCUT2D eigenvalue weighted by molar-refractivity contribution is -0.123. The highest BCUT2D eigenvalue weighted by Crippen LogP contribution is 2.23. The summed E-state index contributed by atoms with van der Waals surface area (Å²) in [6, 6.07) is 20.2. The van der Waals surface area contributed by atoms with Crippen molar-refractivity contribution in [2.24, 2.45) is 0 Å². The molecule has 0 bridgehead atoms. The van der Waals surface area contributed by atoms with Gasteiger partial charge < -0.3 is 10.6 Å². The van der Waals surface area contributed by atoms with Crippen LogP contribution in [0, 0.1) is 20.8 Å². The van der Waals surface area contributed by atoms with Crippen LogP contribution in [0.5, 0.6) is 0 Å². The van der Waals surface area contributed by atoms with E-state index in [1.165, 1.54) is 0 Å². The Hall–Kier alpha value is -3.51. The highest BCUT2D eigenvalue weighted by Gasteiger charge is 2.27. The zero-order chi connectivity index (χ0) is 22.4. The van der Waals surface area contributed by atoms with Crippen molar-refractivity contribution in [3.05, 3.63) is 89.1 Å². The van der Waals surface area contributed by atoms with Crippen LogP contribution in [0.15, 0.2) is 66.7 Å². The Morgan fingerprint density at radius 3 is 2.23 bits per heavy atom. The summed E-state index contributed by atoms with van der Waals surface area (Å²) in [6.45, 7) is 5.89. The zero-order valence-electron chi connectivity index (χ0n) is 18.3. The van der Waals surface area contributed by atoms with E-state index in [-0.39, 0.29) is 18.4 Å². The fourth-order valence-corrected chi connectivity index (χ4v) is 3.61. The molecule has 2 amide bonds. The fraction of sp³-hybridized carbons (Fsp3) is 0.240. The Kier molecular flexibility index (Phi) is 7.15. The van der Waals surface area contributed by atoms with Gasteiger partial charge in [-0.15, -0.1) is 0 Å². The Balaban J connectivity index is 1.78. The average Bonchev–Trinajstić information content (AvgIpc) is 2.68. The first-order valence-electron chi connectivity index (χ1n) is 10.2. The number of nitrogens with one attached hydrogen (secondary N) is 2. The average molecular weight is 417 g/mol.